The Bertz CT molecular complexity index is 675. The molecule has 0 atom stereocenters. The summed E-state index contributed by atoms with van der Waals surface area (Å²) in [5, 5.41) is 0.712. The number of hydrogen-bond donors (Lipinski definition) is 0. The lowest BCUT2D eigenvalue weighted by molar-refractivity contribution is -0.173. The van der Waals surface area contributed by atoms with E-state index in [1.165, 1.54) is 25.2 Å². The standard InChI is InChI=1S/C17H16FNO4/c1-19(17(21)14-9-5-6-10-15(14)18)23-16(20)11-12-22-13-7-3-2-4-8-13/h2-10H,11-12H2,1H3. The summed E-state index contributed by atoms with van der Waals surface area (Å²) in [7, 11) is 1.25. The van der Waals surface area contributed by atoms with Crippen LogP contribution in [0.3, 0.4) is 0 Å². The smallest absolute Gasteiger partial charge is 0.335 e. The molecule has 0 saturated carbocycles. The number of carbonyl (C=O) groups is 2. The molecule has 2 aromatic rings. The molecule has 0 heterocycles. The minimum absolute atomic E-state index is 0.0379. The molecule has 6 heteroatoms. The zero-order chi connectivity index (χ0) is 16.7. The highest BCUT2D eigenvalue weighted by Gasteiger charge is 2.19. The van der Waals surface area contributed by atoms with E-state index in [0.717, 1.165) is 6.07 Å². The number of benzene rings is 2. The molecule has 0 aliphatic carbocycles. The van der Waals surface area contributed by atoms with Gasteiger partial charge in [0.2, 0.25) is 0 Å². The first-order valence-electron chi connectivity index (χ1n) is 6.99. The van der Waals surface area contributed by atoms with E-state index in [1.807, 2.05) is 18.2 Å². The minimum atomic E-state index is -0.736. The number of para-hydroxylation sites is 1. The fourth-order valence-corrected chi connectivity index (χ4v) is 1.81. The number of rotatable bonds is 5. The summed E-state index contributed by atoms with van der Waals surface area (Å²) >= 11 is 0. The van der Waals surface area contributed by atoms with Gasteiger partial charge < -0.3 is 9.57 Å². The molecular weight excluding hydrogens is 301 g/mol. The maximum atomic E-state index is 13.5. The van der Waals surface area contributed by atoms with Gasteiger partial charge in [-0.3, -0.25) is 4.79 Å². The van der Waals surface area contributed by atoms with Crippen LogP contribution in [0.4, 0.5) is 4.39 Å². The molecular formula is C17H16FNO4. The van der Waals surface area contributed by atoms with Crippen LogP contribution in [-0.2, 0) is 9.63 Å². The van der Waals surface area contributed by atoms with Crippen molar-refractivity contribution in [2.45, 2.75) is 6.42 Å². The number of halogens is 1. The molecule has 0 spiro atoms. The van der Waals surface area contributed by atoms with Crippen LogP contribution in [0.1, 0.15) is 16.8 Å². The van der Waals surface area contributed by atoms with Gasteiger partial charge in [0.25, 0.3) is 5.91 Å². The molecule has 0 bridgehead atoms. The number of carbonyl (C=O) groups excluding carboxylic acids is 2. The Hall–Kier alpha value is -2.89. The quantitative estimate of drug-likeness (QED) is 0.796. The third-order valence-corrected chi connectivity index (χ3v) is 2.95. The summed E-state index contributed by atoms with van der Waals surface area (Å²) in [6.07, 6.45) is -0.0379. The molecule has 2 aromatic carbocycles. The van der Waals surface area contributed by atoms with Crippen molar-refractivity contribution in [3.05, 3.63) is 66.0 Å². The topological polar surface area (TPSA) is 55.8 Å². The van der Waals surface area contributed by atoms with Crippen LogP contribution in [0.5, 0.6) is 5.75 Å². The highest BCUT2D eigenvalue weighted by molar-refractivity contribution is 5.94. The average Bonchev–Trinajstić information content (AvgIpc) is 2.55. The van der Waals surface area contributed by atoms with E-state index >= 15 is 0 Å². The van der Waals surface area contributed by atoms with Gasteiger partial charge in [-0.2, -0.15) is 5.06 Å². The third-order valence-electron chi connectivity index (χ3n) is 2.95. The highest BCUT2D eigenvalue weighted by Crippen LogP contribution is 2.11. The van der Waals surface area contributed by atoms with Gasteiger partial charge in [0.15, 0.2) is 0 Å². The van der Waals surface area contributed by atoms with E-state index in [-0.39, 0.29) is 18.6 Å². The molecule has 5 nitrogen and oxygen atoms in total. The van der Waals surface area contributed by atoms with Crippen LogP contribution < -0.4 is 4.74 Å². The van der Waals surface area contributed by atoms with Gasteiger partial charge in [-0.25, -0.2) is 9.18 Å². The molecule has 0 unspecified atom stereocenters. The third kappa shape index (κ3) is 4.81. The first-order valence-corrected chi connectivity index (χ1v) is 6.99. The SMILES string of the molecule is CN(OC(=O)CCOc1ccccc1)C(=O)c1ccccc1F. The first kappa shape index (κ1) is 16.5. The Kier molecular flexibility index (Phi) is 5.68. The maximum absolute atomic E-state index is 13.5. The van der Waals surface area contributed by atoms with Crippen LogP contribution in [0, 0.1) is 5.82 Å². The predicted molar refractivity (Wildman–Crippen MR) is 81.1 cm³/mol. The van der Waals surface area contributed by atoms with Gasteiger partial charge in [-0.1, -0.05) is 30.3 Å². The van der Waals surface area contributed by atoms with Crippen LogP contribution in [0.15, 0.2) is 54.6 Å². The second-order valence-electron chi connectivity index (χ2n) is 4.66. The summed E-state index contributed by atoms with van der Waals surface area (Å²) in [4.78, 5) is 28.5. The molecule has 1 amide bonds. The number of nitrogens with zero attached hydrogens (tertiary/aromatic N) is 1. The lowest BCUT2D eigenvalue weighted by Crippen LogP contribution is -2.31. The molecule has 0 N–H and O–H groups in total. The van der Waals surface area contributed by atoms with E-state index in [2.05, 4.69) is 0 Å². The molecule has 0 radical (unpaired) electrons. The maximum Gasteiger partial charge on any atom is 0.335 e. The lowest BCUT2D eigenvalue weighted by atomic mass is 10.2. The van der Waals surface area contributed by atoms with E-state index in [9.17, 15) is 14.0 Å². The zero-order valence-corrected chi connectivity index (χ0v) is 12.6. The average molecular weight is 317 g/mol. The lowest BCUT2D eigenvalue weighted by Gasteiger charge is -2.16. The Morgan fingerprint density at radius 2 is 1.70 bits per heavy atom. The number of hydroxylamine groups is 2. The van der Waals surface area contributed by atoms with Crippen molar-refractivity contribution >= 4 is 11.9 Å². The molecule has 2 rings (SSSR count). The van der Waals surface area contributed by atoms with Crippen LogP contribution in [0.2, 0.25) is 0 Å². The highest BCUT2D eigenvalue weighted by atomic mass is 19.1. The van der Waals surface area contributed by atoms with Crippen molar-refractivity contribution in [3.63, 3.8) is 0 Å². The van der Waals surface area contributed by atoms with Crippen molar-refractivity contribution in [2.75, 3.05) is 13.7 Å². The van der Waals surface area contributed by atoms with Crippen LogP contribution >= 0.6 is 0 Å². The minimum Gasteiger partial charge on any atom is -0.493 e. The molecule has 0 saturated heterocycles. The summed E-state index contributed by atoms with van der Waals surface area (Å²) in [6.45, 7) is 0.116. The van der Waals surface area contributed by atoms with Crippen molar-refractivity contribution in [1.82, 2.24) is 5.06 Å². The second-order valence-corrected chi connectivity index (χ2v) is 4.66. The monoisotopic (exact) mass is 317 g/mol. The fraction of sp³-hybridized carbons (Fsp3) is 0.176. The van der Waals surface area contributed by atoms with Gasteiger partial charge in [-0.05, 0) is 24.3 Å². The number of ether oxygens (including phenoxy) is 1. The Balaban J connectivity index is 1.80. The molecule has 120 valence electrons. The van der Waals surface area contributed by atoms with Crippen molar-refractivity contribution in [2.24, 2.45) is 0 Å². The second kappa shape index (κ2) is 7.93. The van der Waals surface area contributed by atoms with Gasteiger partial charge >= 0.3 is 5.97 Å². The molecule has 0 aliphatic rings. The van der Waals surface area contributed by atoms with Crippen molar-refractivity contribution < 1.29 is 23.6 Å². The summed E-state index contributed by atoms with van der Waals surface area (Å²) in [6, 6.07) is 14.5. The normalized spacial score (nSPS) is 10.0. The van der Waals surface area contributed by atoms with Crippen molar-refractivity contribution in [1.29, 1.82) is 0 Å². The van der Waals surface area contributed by atoms with Crippen molar-refractivity contribution in [3.8, 4) is 5.75 Å². The Morgan fingerprint density at radius 3 is 2.39 bits per heavy atom. The van der Waals surface area contributed by atoms with E-state index in [1.54, 1.807) is 12.1 Å². The summed E-state index contributed by atoms with van der Waals surface area (Å²) in [5.74, 6) is -1.42. The Labute approximate surface area is 133 Å². The van der Waals surface area contributed by atoms with Gasteiger partial charge in [0.1, 0.15) is 11.6 Å². The zero-order valence-electron chi connectivity index (χ0n) is 12.6. The summed E-state index contributed by atoms with van der Waals surface area (Å²) in [5.41, 5.74) is -0.164. The van der Waals surface area contributed by atoms with Gasteiger partial charge in [0.05, 0.1) is 18.6 Å². The first-order chi connectivity index (χ1) is 11.1. The van der Waals surface area contributed by atoms with E-state index in [0.29, 0.717) is 10.8 Å². The fourth-order valence-electron chi connectivity index (χ4n) is 1.81. The molecule has 0 aromatic heterocycles. The van der Waals surface area contributed by atoms with Gasteiger partial charge in [0, 0.05) is 7.05 Å². The molecule has 23 heavy (non-hydrogen) atoms. The largest absolute Gasteiger partial charge is 0.493 e. The summed E-state index contributed by atoms with van der Waals surface area (Å²) < 4.78 is 18.9. The Morgan fingerprint density at radius 1 is 1.04 bits per heavy atom. The molecule has 0 aliphatic heterocycles. The van der Waals surface area contributed by atoms with Gasteiger partial charge in [-0.15, -0.1) is 0 Å². The van der Waals surface area contributed by atoms with Crippen LogP contribution in [0.25, 0.3) is 0 Å². The van der Waals surface area contributed by atoms with E-state index in [4.69, 9.17) is 9.57 Å². The number of hydrogen-bond acceptors (Lipinski definition) is 4. The van der Waals surface area contributed by atoms with Crippen LogP contribution in [-0.4, -0.2) is 30.6 Å². The molecule has 0 fully saturated rings. The predicted octanol–water partition coefficient (Wildman–Crippen LogP) is 2.83. The van der Waals surface area contributed by atoms with E-state index < -0.39 is 17.7 Å². The number of amides is 1.